The third-order valence-corrected chi connectivity index (χ3v) is 13.6. The first kappa shape index (κ1) is 34.3. The van der Waals surface area contributed by atoms with Crippen LogP contribution in [0.3, 0.4) is 0 Å². The summed E-state index contributed by atoms with van der Waals surface area (Å²) in [4.78, 5) is 0. The van der Waals surface area contributed by atoms with Crippen molar-refractivity contribution in [1.82, 2.24) is 13.5 Å². The van der Waals surface area contributed by atoms with Gasteiger partial charge in [-0.3, -0.25) is 0 Å². The Bertz CT molecular complexity index is 4020. The van der Waals surface area contributed by atoms with Gasteiger partial charge in [-0.25, -0.2) is 0 Å². The monoisotopic (exact) mass is 799 g/mol. The predicted octanol–water partition coefficient (Wildman–Crippen LogP) is 16.0. The van der Waals surface area contributed by atoms with Crippen molar-refractivity contribution < 1.29 is 0 Å². The molecule has 0 fully saturated rings. The minimum absolute atomic E-state index is 1.15. The molecule has 63 heavy (non-hydrogen) atoms. The molecule has 0 spiro atoms. The van der Waals surface area contributed by atoms with Gasteiger partial charge in [0.25, 0.3) is 0 Å². The van der Waals surface area contributed by atoms with E-state index in [1.165, 1.54) is 121 Å². The van der Waals surface area contributed by atoms with Crippen LogP contribution in [-0.2, 0) is 0 Å². The molecular weight excluding hydrogens is 763 g/mol. The number of hydrogen-bond acceptors (Lipinski definition) is 0. The zero-order valence-electron chi connectivity index (χ0n) is 34.2. The van der Waals surface area contributed by atoms with Gasteiger partial charge >= 0.3 is 0 Å². The van der Waals surface area contributed by atoms with E-state index in [1.54, 1.807) is 0 Å². The molecule has 0 aliphatic heterocycles. The van der Waals surface area contributed by atoms with Crippen molar-refractivity contribution in [3.63, 3.8) is 0 Å². The maximum atomic E-state index is 2.47. The van der Waals surface area contributed by atoms with Crippen LogP contribution in [0.1, 0.15) is 0 Å². The van der Waals surface area contributed by atoms with Gasteiger partial charge in [0, 0.05) is 54.5 Å². The van der Waals surface area contributed by atoms with Gasteiger partial charge in [-0.2, -0.15) is 0 Å². The second kappa shape index (κ2) is 13.1. The lowest BCUT2D eigenvalue weighted by Crippen LogP contribution is -1.94. The first-order chi connectivity index (χ1) is 31.2. The summed E-state index contributed by atoms with van der Waals surface area (Å²) in [7, 11) is 0. The number of nitrogens with zero attached hydrogens (tertiary/aromatic N) is 3. The van der Waals surface area contributed by atoms with Gasteiger partial charge in [-0.15, -0.1) is 0 Å². The summed E-state index contributed by atoms with van der Waals surface area (Å²) in [5.41, 5.74) is 18.2. The molecule has 4 heterocycles. The number of fused-ring (bicyclic) bond motifs is 12. The highest BCUT2D eigenvalue weighted by molar-refractivity contribution is 6.24. The topological polar surface area (TPSA) is 14.3 Å². The van der Waals surface area contributed by atoms with Crippen molar-refractivity contribution in [2.75, 3.05) is 0 Å². The Morgan fingerprint density at radius 1 is 0.206 bits per heavy atom. The Balaban J connectivity index is 0.884. The van der Waals surface area contributed by atoms with Crippen LogP contribution in [0, 0.1) is 0 Å². The van der Waals surface area contributed by atoms with Gasteiger partial charge in [0.05, 0.1) is 38.6 Å². The van der Waals surface area contributed by atoms with Gasteiger partial charge < -0.3 is 13.5 Å². The maximum Gasteiger partial charge on any atom is 0.0622 e. The zero-order chi connectivity index (χ0) is 41.2. The van der Waals surface area contributed by atoms with Crippen molar-refractivity contribution in [1.29, 1.82) is 0 Å². The average Bonchev–Trinajstić information content (AvgIpc) is 4.08. The normalized spacial score (nSPS) is 12.1. The van der Waals surface area contributed by atoms with Gasteiger partial charge in [0.15, 0.2) is 0 Å². The van der Waals surface area contributed by atoms with Gasteiger partial charge in [-0.1, -0.05) is 152 Å². The quantitative estimate of drug-likeness (QED) is 0.165. The van der Waals surface area contributed by atoms with Crippen LogP contribution < -0.4 is 0 Å². The maximum absolute atomic E-state index is 2.47. The minimum Gasteiger partial charge on any atom is -0.309 e. The van der Waals surface area contributed by atoms with E-state index < -0.39 is 0 Å². The van der Waals surface area contributed by atoms with Crippen molar-refractivity contribution in [2.24, 2.45) is 0 Å². The summed E-state index contributed by atoms with van der Waals surface area (Å²) in [6.45, 7) is 0. The van der Waals surface area contributed by atoms with E-state index in [0.717, 1.165) is 5.69 Å². The van der Waals surface area contributed by atoms with Crippen LogP contribution in [0.2, 0.25) is 0 Å². The van der Waals surface area contributed by atoms with E-state index in [2.05, 4.69) is 238 Å². The van der Waals surface area contributed by atoms with Crippen LogP contribution >= 0.6 is 0 Å². The van der Waals surface area contributed by atoms with E-state index >= 15 is 0 Å². The fraction of sp³-hybridized carbons (Fsp3) is 0. The van der Waals surface area contributed by atoms with E-state index in [0.29, 0.717) is 0 Å². The molecule has 14 rings (SSSR count). The zero-order valence-corrected chi connectivity index (χ0v) is 34.2. The highest BCUT2D eigenvalue weighted by atomic mass is 15.0. The first-order valence-electron chi connectivity index (χ1n) is 21.8. The van der Waals surface area contributed by atoms with Crippen molar-refractivity contribution in [3.8, 4) is 44.8 Å². The Hall–Kier alpha value is -8.40. The number of aromatic nitrogens is 3. The molecule has 0 aliphatic carbocycles. The summed E-state index contributed by atoms with van der Waals surface area (Å²) in [5.74, 6) is 0. The molecule has 0 saturated carbocycles. The van der Waals surface area contributed by atoms with Gasteiger partial charge in [0.1, 0.15) is 0 Å². The smallest absolute Gasteiger partial charge is 0.0622 e. The lowest BCUT2D eigenvalue weighted by Gasteiger charge is -2.11. The Labute approximate surface area is 362 Å². The molecule has 10 aromatic carbocycles. The Morgan fingerprint density at radius 3 is 1.05 bits per heavy atom. The highest BCUT2D eigenvalue weighted by Crippen LogP contribution is 2.43. The predicted molar refractivity (Wildman–Crippen MR) is 266 cm³/mol. The highest BCUT2D eigenvalue weighted by Gasteiger charge is 2.21. The average molecular weight is 800 g/mol. The molecule has 0 atom stereocenters. The number of rotatable bonds is 5. The molecule has 3 heteroatoms. The molecule has 0 saturated heterocycles. The lowest BCUT2D eigenvalue weighted by molar-refractivity contribution is 1.18. The van der Waals surface area contributed by atoms with Crippen LogP contribution in [0.15, 0.2) is 224 Å². The molecule has 0 N–H and O–H groups in total. The second-order valence-corrected chi connectivity index (χ2v) is 16.9. The number of hydrogen-bond donors (Lipinski definition) is 0. The molecule has 4 aromatic heterocycles. The molecule has 14 aromatic rings. The van der Waals surface area contributed by atoms with E-state index in [-0.39, 0.29) is 0 Å². The van der Waals surface area contributed by atoms with Gasteiger partial charge in [-0.05, 0) is 106 Å². The molecule has 3 nitrogen and oxygen atoms in total. The van der Waals surface area contributed by atoms with Crippen molar-refractivity contribution >= 4 is 81.7 Å². The minimum atomic E-state index is 1.15. The SMILES string of the molecule is c1ccc(-c2ccc(-c3ccc(-n4c5ccccc5c5cc(-c6ccc7c(c6)c6ccccc6n7-c6cc7c8ccccc8n8c9ccccc9c(c6)c78)ccc54)cc3)cc2)cc1. The Morgan fingerprint density at radius 2 is 0.556 bits per heavy atom. The van der Waals surface area contributed by atoms with Crippen LogP contribution in [0.4, 0.5) is 0 Å². The van der Waals surface area contributed by atoms with Crippen LogP contribution in [0.5, 0.6) is 0 Å². The van der Waals surface area contributed by atoms with Crippen molar-refractivity contribution in [3.05, 3.63) is 224 Å². The first-order valence-corrected chi connectivity index (χ1v) is 21.8. The molecule has 0 amide bonds. The molecule has 292 valence electrons. The summed E-state index contributed by atoms with van der Waals surface area (Å²) < 4.78 is 7.33. The van der Waals surface area contributed by atoms with Crippen LogP contribution in [0.25, 0.3) is 126 Å². The molecule has 0 unspecified atom stereocenters. The van der Waals surface area contributed by atoms with Crippen LogP contribution in [-0.4, -0.2) is 13.5 Å². The summed E-state index contributed by atoms with van der Waals surface area (Å²) in [6, 6.07) is 82.6. The third-order valence-electron chi connectivity index (χ3n) is 13.6. The lowest BCUT2D eigenvalue weighted by atomic mass is 10.00. The fourth-order valence-corrected chi connectivity index (χ4v) is 10.7. The van der Waals surface area contributed by atoms with Crippen molar-refractivity contribution in [2.45, 2.75) is 0 Å². The third kappa shape index (κ3) is 4.96. The second-order valence-electron chi connectivity index (χ2n) is 16.9. The number of benzene rings is 10. The standard InChI is InChI=1S/C60H37N3/c1-2-12-38(13-3-1)39-22-24-40(25-23-39)41-26-30-44(31-27-41)61-54-18-8-4-14-46(54)50-34-42(28-32-58(50)61)43-29-33-59-51(35-43)47-15-5-9-19-55(47)62(59)45-36-52-48-16-6-10-20-56(48)63-57-21-11-7-17-49(57)53(37-45)60(52)63/h1-37H. The fourth-order valence-electron chi connectivity index (χ4n) is 10.7. The molecule has 0 radical (unpaired) electrons. The van der Waals surface area contributed by atoms with E-state index in [4.69, 9.17) is 0 Å². The van der Waals surface area contributed by atoms with E-state index in [9.17, 15) is 0 Å². The van der Waals surface area contributed by atoms with E-state index in [1.807, 2.05) is 0 Å². The summed E-state index contributed by atoms with van der Waals surface area (Å²) in [5, 5.41) is 10.1. The Kier molecular flexibility index (Phi) is 7.11. The van der Waals surface area contributed by atoms with Gasteiger partial charge in [0.2, 0.25) is 0 Å². The largest absolute Gasteiger partial charge is 0.309 e. The molecular formula is C60H37N3. The molecule has 0 bridgehead atoms. The number of para-hydroxylation sites is 4. The molecule has 0 aliphatic rings. The summed E-state index contributed by atoms with van der Waals surface area (Å²) >= 11 is 0. The summed E-state index contributed by atoms with van der Waals surface area (Å²) in [6.07, 6.45) is 0.